The Hall–Kier alpha value is -1.33. The van der Waals surface area contributed by atoms with Gasteiger partial charge in [0.2, 0.25) is 0 Å². The molecule has 1 heterocycles. The molecule has 0 fully saturated rings. The van der Waals surface area contributed by atoms with E-state index in [2.05, 4.69) is 50.3 Å². The number of imidazole rings is 1. The Labute approximate surface area is 115 Å². The molecule has 0 aliphatic heterocycles. The lowest BCUT2D eigenvalue weighted by molar-refractivity contribution is 0.411. The van der Waals surface area contributed by atoms with E-state index in [1.165, 1.54) is 5.56 Å². The number of nitrogens with one attached hydrogen (secondary N) is 2. The lowest BCUT2D eigenvalue weighted by atomic mass is 10.1. The second kappa shape index (κ2) is 6.02. The Morgan fingerprint density at radius 2 is 2.33 bits per heavy atom. The molecule has 0 amide bonds. The number of aromatic nitrogens is 2. The number of aromatic amines is 1. The van der Waals surface area contributed by atoms with Gasteiger partial charge in [0.05, 0.1) is 18.1 Å². The molecule has 2 rings (SSSR count). The molecule has 0 aliphatic carbocycles. The number of rotatable bonds is 5. The summed E-state index contributed by atoms with van der Waals surface area (Å²) in [6.07, 6.45) is 3.58. The van der Waals surface area contributed by atoms with Crippen LogP contribution >= 0.6 is 15.9 Å². The van der Waals surface area contributed by atoms with Gasteiger partial charge in [-0.3, -0.25) is 0 Å². The third kappa shape index (κ3) is 3.11. The van der Waals surface area contributed by atoms with Crippen LogP contribution in [-0.4, -0.2) is 17.1 Å². The van der Waals surface area contributed by atoms with Gasteiger partial charge in [-0.2, -0.15) is 0 Å². The van der Waals surface area contributed by atoms with Crippen molar-refractivity contribution >= 4 is 15.9 Å². The van der Waals surface area contributed by atoms with Crippen molar-refractivity contribution in [2.24, 2.45) is 0 Å². The van der Waals surface area contributed by atoms with Crippen LogP contribution in [0.15, 0.2) is 35.1 Å². The monoisotopic (exact) mass is 309 g/mol. The number of halogens is 1. The summed E-state index contributed by atoms with van der Waals surface area (Å²) in [6.45, 7) is 2.84. The van der Waals surface area contributed by atoms with Gasteiger partial charge in [0.15, 0.2) is 0 Å². The SMILES string of the molecule is COc1ccc(C(C)NCc2ncc[nH]2)cc1Br. The van der Waals surface area contributed by atoms with Crippen molar-refractivity contribution in [2.45, 2.75) is 19.5 Å². The van der Waals surface area contributed by atoms with Gasteiger partial charge in [0, 0.05) is 18.4 Å². The summed E-state index contributed by atoms with van der Waals surface area (Å²) in [6, 6.07) is 6.34. The van der Waals surface area contributed by atoms with Crippen LogP contribution in [0, 0.1) is 0 Å². The molecule has 0 saturated heterocycles. The molecule has 0 spiro atoms. The summed E-state index contributed by atoms with van der Waals surface area (Å²) in [5, 5.41) is 3.41. The van der Waals surface area contributed by atoms with E-state index < -0.39 is 0 Å². The second-order valence-corrected chi connectivity index (χ2v) is 4.89. The molecule has 1 unspecified atom stereocenters. The standard InChI is InChI=1S/C13H16BrN3O/c1-9(17-8-13-15-5-6-16-13)10-3-4-12(18-2)11(14)7-10/h3-7,9,17H,8H2,1-2H3,(H,15,16). The molecule has 1 aromatic heterocycles. The van der Waals surface area contributed by atoms with Crippen LogP contribution in [0.2, 0.25) is 0 Å². The summed E-state index contributed by atoms with van der Waals surface area (Å²) in [5.74, 6) is 1.78. The third-order valence-corrected chi connectivity index (χ3v) is 3.43. The summed E-state index contributed by atoms with van der Waals surface area (Å²) >= 11 is 3.49. The zero-order valence-corrected chi connectivity index (χ0v) is 12.0. The minimum Gasteiger partial charge on any atom is -0.496 e. The van der Waals surface area contributed by atoms with E-state index in [9.17, 15) is 0 Å². The van der Waals surface area contributed by atoms with E-state index in [-0.39, 0.29) is 6.04 Å². The lowest BCUT2D eigenvalue weighted by Gasteiger charge is -2.14. The Morgan fingerprint density at radius 3 is 2.94 bits per heavy atom. The van der Waals surface area contributed by atoms with Gasteiger partial charge in [-0.05, 0) is 40.5 Å². The van der Waals surface area contributed by atoms with Crippen LogP contribution in [0.5, 0.6) is 5.75 Å². The molecule has 0 saturated carbocycles. The molecule has 1 aromatic carbocycles. The summed E-state index contributed by atoms with van der Waals surface area (Å²) in [7, 11) is 1.67. The van der Waals surface area contributed by atoms with Crippen molar-refractivity contribution in [1.29, 1.82) is 0 Å². The van der Waals surface area contributed by atoms with Gasteiger partial charge < -0.3 is 15.0 Å². The average Bonchev–Trinajstić information content (AvgIpc) is 2.89. The molecule has 18 heavy (non-hydrogen) atoms. The Bertz CT molecular complexity index is 499. The first-order valence-electron chi connectivity index (χ1n) is 5.76. The highest BCUT2D eigenvalue weighted by molar-refractivity contribution is 9.10. The largest absolute Gasteiger partial charge is 0.496 e. The van der Waals surface area contributed by atoms with Crippen LogP contribution in [-0.2, 0) is 6.54 Å². The quantitative estimate of drug-likeness (QED) is 0.892. The van der Waals surface area contributed by atoms with Crippen LogP contribution in [0.25, 0.3) is 0 Å². The molecule has 2 N–H and O–H groups in total. The number of hydrogen-bond acceptors (Lipinski definition) is 3. The zero-order valence-electron chi connectivity index (χ0n) is 10.4. The van der Waals surface area contributed by atoms with Crippen LogP contribution < -0.4 is 10.1 Å². The van der Waals surface area contributed by atoms with E-state index in [4.69, 9.17) is 4.74 Å². The van der Waals surface area contributed by atoms with E-state index >= 15 is 0 Å². The van der Waals surface area contributed by atoms with Crippen LogP contribution in [0.3, 0.4) is 0 Å². The highest BCUT2D eigenvalue weighted by atomic mass is 79.9. The van der Waals surface area contributed by atoms with Gasteiger partial charge in [-0.25, -0.2) is 4.98 Å². The molecule has 0 aliphatic rings. The van der Waals surface area contributed by atoms with Crippen molar-refractivity contribution in [2.75, 3.05) is 7.11 Å². The Balaban J connectivity index is 2.00. The number of methoxy groups -OCH3 is 1. The van der Waals surface area contributed by atoms with Crippen molar-refractivity contribution in [3.63, 3.8) is 0 Å². The van der Waals surface area contributed by atoms with E-state index in [0.717, 1.165) is 22.6 Å². The summed E-state index contributed by atoms with van der Waals surface area (Å²) in [4.78, 5) is 7.25. The first-order chi connectivity index (χ1) is 8.70. The van der Waals surface area contributed by atoms with Crippen LogP contribution in [0.4, 0.5) is 0 Å². The molecular weight excluding hydrogens is 294 g/mol. The fourth-order valence-electron chi connectivity index (χ4n) is 1.71. The fourth-order valence-corrected chi connectivity index (χ4v) is 2.27. The molecule has 96 valence electrons. The van der Waals surface area contributed by atoms with Crippen molar-refractivity contribution in [1.82, 2.24) is 15.3 Å². The highest BCUT2D eigenvalue weighted by Crippen LogP contribution is 2.27. The lowest BCUT2D eigenvalue weighted by Crippen LogP contribution is -2.18. The number of H-pyrrole nitrogens is 1. The normalized spacial score (nSPS) is 12.4. The molecule has 5 heteroatoms. The maximum Gasteiger partial charge on any atom is 0.133 e. The Morgan fingerprint density at radius 1 is 1.50 bits per heavy atom. The highest BCUT2D eigenvalue weighted by Gasteiger charge is 2.08. The van der Waals surface area contributed by atoms with Gasteiger partial charge in [-0.15, -0.1) is 0 Å². The van der Waals surface area contributed by atoms with Gasteiger partial charge in [0.25, 0.3) is 0 Å². The first-order valence-corrected chi connectivity index (χ1v) is 6.55. The predicted molar refractivity (Wildman–Crippen MR) is 74.5 cm³/mol. The maximum absolute atomic E-state index is 5.22. The smallest absolute Gasteiger partial charge is 0.133 e. The molecule has 0 radical (unpaired) electrons. The minimum atomic E-state index is 0.248. The number of hydrogen-bond donors (Lipinski definition) is 2. The first kappa shape index (κ1) is 13.1. The second-order valence-electron chi connectivity index (χ2n) is 4.03. The minimum absolute atomic E-state index is 0.248. The zero-order chi connectivity index (χ0) is 13.0. The number of ether oxygens (including phenoxy) is 1. The summed E-state index contributed by atoms with van der Waals surface area (Å²) in [5.41, 5.74) is 1.20. The molecule has 2 aromatic rings. The maximum atomic E-state index is 5.22. The predicted octanol–water partition coefficient (Wildman–Crippen LogP) is 3.03. The Kier molecular flexibility index (Phi) is 4.38. The van der Waals surface area contributed by atoms with E-state index in [1.807, 2.05) is 12.3 Å². The van der Waals surface area contributed by atoms with Crippen molar-refractivity contribution in [3.05, 3.63) is 46.5 Å². The topological polar surface area (TPSA) is 49.9 Å². The fraction of sp³-hybridized carbons (Fsp3) is 0.308. The third-order valence-electron chi connectivity index (χ3n) is 2.81. The molecule has 4 nitrogen and oxygen atoms in total. The molecule has 1 atom stereocenters. The van der Waals surface area contributed by atoms with Crippen molar-refractivity contribution < 1.29 is 4.74 Å². The van der Waals surface area contributed by atoms with Crippen molar-refractivity contribution in [3.8, 4) is 5.75 Å². The van der Waals surface area contributed by atoms with Crippen LogP contribution in [0.1, 0.15) is 24.4 Å². The van der Waals surface area contributed by atoms with Gasteiger partial charge in [0.1, 0.15) is 11.6 Å². The summed E-state index contributed by atoms with van der Waals surface area (Å²) < 4.78 is 6.18. The average molecular weight is 310 g/mol. The van der Waals surface area contributed by atoms with Gasteiger partial charge >= 0.3 is 0 Å². The molecular formula is C13H16BrN3O. The van der Waals surface area contributed by atoms with E-state index in [1.54, 1.807) is 13.3 Å². The number of benzene rings is 1. The molecule has 0 bridgehead atoms. The number of nitrogens with zero attached hydrogens (tertiary/aromatic N) is 1. The van der Waals surface area contributed by atoms with E-state index in [0.29, 0.717) is 0 Å². The van der Waals surface area contributed by atoms with Gasteiger partial charge in [-0.1, -0.05) is 6.07 Å².